The molecule has 1 N–H and O–H groups in total. The standard InChI is InChI=1S/C14H12BNO3/c17-15-14-7-6-13(8-12(14)9-16-19-15)18-10-11-4-2-1-3-5-11/h1-9,17H,10H2. The summed E-state index contributed by atoms with van der Waals surface area (Å²) in [6.45, 7) is 0.510. The van der Waals surface area contributed by atoms with Crippen LogP contribution < -0.4 is 10.2 Å². The van der Waals surface area contributed by atoms with E-state index in [1.807, 2.05) is 42.5 Å². The molecule has 2 aromatic carbocycles. The molecule has 1 aliphatic heterocycles. The first kappa shape index (κ1) is 11.8. The number of rotatable bonds is 3. The van der Waals surface area contributed by atoms with Crippen LogP contribution in [0.3, 0.4) is 0 Å². The summed E-state index contributed by atoms with van der Waals surface area (Å²) in [5.74, 6) is 0.739. The second-order valence-electron chi connectivity index (χ2n) is 4.26. The van der Waals surface area contributed by atoms with Gasteiger partial charge in [0.05, 0.1) is 6.21 Å². The SMILES string of the molecule is OB1ON=Cc2cc(OCc3ccccc3)ccc21. The van der Waals surface area contributed by atoms with Crippen LogP contribution in [0, 0.1) is 0 Å². The number of oxime groups is 1. The van der Waals surface area contributed by atoms with Crippen molar-refractivity contribution in [3.8, 4) is 5.75 Å². The van der Waals surface area contributed by atoms with Crippen molar-refractivity contribution in [1.29, 1.82) is 0 Å². The van der Waals surface area contributed by atoms with Gasteiger partial charge in [0, 0.05) is 11.0 Å². The number of ether oxygens (including phenoxy) is 1. The lowest BCUT2D eigenvalue weighted by Crippen LogP contribution is -2.37. The second kappa shape index (κ2) is 5.16. The summed E-state index contributed by atoms with van der Waals surface area (Å²) < 4.78 is 10.5. The summed E-state index contributed by atoms with van der Waals surface area (Å²) >= 11 is 0. The third kappa shape index (κ3) is 2.61. The van der Waals surface area contributed by atoms with Crippen molar-refractivity contribution in [2.75, 3.05) is 0 Å². The number of fused-ring (bicyclic) bond motifs is 1. The highest BCUT2D eigenvalue weighted by atomic mass is 16.6. The average Bonchev–Trinajstić information content (AvgIpc) is 2.46. The van der Waals surface area contributed by atoms with E-state index in [0.29, 0.717) is 12.1 Å². The third-order valence-electron chi connectivity index (χ3n) is 2.93. The van der Waals surface area contributed by atoms with E-state index >= 15 is 0 Å². The maximum absolute atomic E-state index is 9.58. The summed E-state index contributed by atoms with van der Waals surface area (Å²) in [6.07, 6.45) is 1.57. The van der Waals surface area contributed by atoms with Gasteiger partial charge in [0.25, 0.3) is 0 Å². The minimum absolute atomic E-state index is 0.510. The van der Waals surface area contributed by atoms with Crippen molar-refractivity contribution in [2.45, 2.75) is 6.61 Å². The molecule has 0 amide bonds. The molecule has 0 spiro atoms. The van der Waals surface area contributed by atoms with Crippen molar-refractivity contribution < 1.29 is 14.5 Å². The molecule has 5 heteroatoms. The van der Waals surface area contributed by atoms with E-state index in [2.05, 4.69) is 5.16 Å². The molecule has 0 aliphatic carbocycles. The highest BCUT2D eigenvalue weighted by Gasteiger charge is 2.24. The van der Waals surface area contributed by atoms with Crippen molar-refractivity contribution in [3.05, 3.63) is 59.7 Å². The van der Waals surface area contributed by atoms with Crippen LogP contribution in [0.5, 0.6) is 5.75 Å². The molecule has 2 aromatic rings. The van der Waals surface area contributed by atoms with Gasteiger partial charge in [-0.25, -0.2) is 0 Å². The van der Waals surface area contributed by atoms with Crippen molar-refractivity contribution in [3.63, 3.8) is 0 Å². The molecule has 1 heterocycles. The number of hydrogen-bond donors (Lipinski definition) is 1. The van der Waals surface area contributed by atoms with Crippen LogP contribution in [0.4, 0.5) is 0 Å². The molecular formula is C14H12BNO3. The van der Waals surface area contributed by atoms with Gasteiger partial charge in [-0.1, -0.05) is 36.4 Å². The van der Waals surface area contributed by atoms with Crippen LogP contribution >= 0.6 is 0 Å². The fraction of sp³-hybridized carbons (Fsp3) is 0.0714. The van der Waals surface area contributed by atoms with Gasteiger partial charge in [-0.05, 0) is 17.7 Å². The topological polar surface area (TPSA) is 51.0 Å². The molecule has 4 nitrogen and oxygen atoms in total. The smallest absolute Gasteiger partial charge is 0.489 e. The van der Waals surface area contributed by atoms with E-state index < -0.39 is 7.12 Å². The monoisotopic (exact) mass is 253 g/mol. The van der Waals surface area contributed by atoms with Crippen molar-refractivity contribution in [1.82, 2.24) is 0 Å². The average molecular weight is 253 g/mol. The van der Waals surface area contributed by atoms with E-state index in [0.717, 1.165) is 16.9 Å². The first-order chi connectivity index (χ1) is 9.33. The molecule has 3 rings (SSSR count). The van der Waals surface area contributed by atoms with E-state index in [4.69, 9.17) is 9.49 Å². The number of hydrogen-bond acceptors (Lipinski definition) is 4. The summed E-state index contributed by atoms with van der Waals surface area (Å²) in [6, 6.07) is 15.4. The Morgan fingerprint density at radius 3 is 2.84 bits per heavy atom. The Kier molecular flexibility index (Phi) is 3.20. The largest absolute Gasteiger partial charge is 0.583 e. The molecular weight excluding hydrogens is 241 g/mol. The molecule has 0 aromatic heterocycles. The fourth-order valence-electron chi connectivity index (χ4n) is 1.92. The predicted octanol–water partition coefficient (Wildman–Crippen LogP) is 1.32. The summed E-state index contributed by atoms with van der Waals surface area (Å²) in [5.41, 5.74) is 2.61. The number of nitrogens with zero attached hydrogens (tertiary/aromatic N) is 1. The van der Waals surface area contributed by atoms with Crippen LogP contribution in [0.15, 0.2) is 53.7 Å². The van der Waals surface area contributed by atoms with Gasteiger partial charge in [-0.2, -0.15) is 0 Å². The van der Waals surface area contributed by atoms with Gasteiger partial charge < -0.3 is 14.5 Å². The molecule has 94 valence electrons. The molecule has 0 atom stereocenters. The number of benzene rings is 2. The molecule has 0 unspecified atom stereocenters. The van der Waals surface area contributed by atoms with Crippen LogP contribution in [0.2, 0.25) is 0 Å². The summed E-state index contributed by atoms with van der Waals surface area (Å²) in [5, 5.41) is 13.2. The molecule has 1 aliphatic rings. The van der Waals surface area contributed by atoms with Gasteiger partial charge >= 0.3 is 7.12 Å². The van der Waals surface area contributed by atoms with Crippen LogP contribution in [0.1, 0.15) is 11.1 Å². The predicted molar refractivity (Wildman–Crippen MR) is 73.5 cm³/mol. The minimum Gasteiger partial charge on any atom is -0.489 e. The minimum atomic E-state index is -0.997. The summed E-state index contributed by atoms with van der Waals surface area (Å²) in [4.78, 5) is 0. The summed E-state index contributed by atoms with van der Waals surface area (Å²) in [7, 11) is -0.997. The maximum atomic E-state index is 9.58. The normalized spacial score (nSPS) is 12.8. The molecule has 0 radical (unpaired) electrons. The van der Waals surface area contributed by atoms with Gasteiger partial charge in [-0.15, -0.1) is 5.16 Å². The Bertz CT molecular complexity index is 601. The first-order valence-corrected chi connectivity index (χ1v) is 6.01. The van der Waals surface area contributed by atoms with E-state index in [1.54, 1.807) is 12.3 Å². The molecule has 0 fully saturated rings. The molecule has 0 saturated heterocycles. The van der Waals surface area contributed by atoms with Gasteiger partial charge in [0.1, 0.15) is 12.4 Å². The van der Waals surface area contributed by atoms with Gasteiger partial charge in [0.2, 0.25) is 0 Å². The van der Waals surface area contributed by atoms with E-state index in [-0.39, 0.29) is 0 Å². The van der Waals surface area contributed by atoms with Gasteiger partial charge in [-0.3, -0.25) is 0 Å². The van der Waals surface area contributed by atoms with Crippen LogP contribution in [-0.2, 0) is 11.4 Å². The van der Waals surface area contributed by atoms with Gasteiger partial charge in [0.15, 0.2) is 0 Å². The quantitative estimate of drug-likeness (QED) is 0.839. The Morgan fingerprint density at radius 2 is 2.00 bits per heavy atom. The fourth-order valence-corrected chi connectivity index (χ4v) is 1.92. The Labute approximate surface area is 111 Å². The van der Waals surface area contributed by atoms with Crippen LogP contribution in [-0.4, -0.2) is 18.4 Å². The highest BCUT2D eigenvalue weighted by Crippen LogP contribution is 2.15. The lowest BCUT2D eigenvalue weighted by atomic mass is 9.76. The molecule has 0 bridgehead atoms. The van der Waals surface area contributed by atoms with E-state index in [9.17, 15) is 5.02 Å². The maximum Gasteiger partial charge on any atom is 0.583 e. The Hall–Kier alpha value is -2.27. The zero-order chi connectivity index (χ0) is 13.1. The third-order valence-corrected chi connectivity index (χ3v) is 2.93. The lowest BCUT2D eigenvalue weighted by molar-refractivity contribution is 0.286. The zero-order valence-corrected chi connectivity index (χ0v) is 10.2. The zero-order valence-electron chi connectivity index (χ0n) is 10.2. The van der Waals surface area contributed by atoms with E-state index in [1.165, 1.54) is 0 Å². The molecule has 19 heavy (non-hydrogen) atoms. The van der Waals surface area contributed by atoms with Crippen LogP contribution in [0.25, 0.3) is 0 Å². The Morgan fingerprint density at radius 1 is 1.16 bits per heavy atom. The lowest BCUT2D eigenvalue weighted by Gasteiger charge is -2.14. The first-order valence-electron chi connectivity index (χ1n) is 6.01. The Balaban J connectivity index is 1.75. The molecule has 0 saturated carbocycles. The second-order valence-corrected chi connectivity index (χ2v) is 4.26. The van der Waals surface area contributed by atoms with Crippen molar-refractivity contribution >= 4 is 18.8 Å². The van der Waals surface area contributed by atoms with Crippen molar-refractivity contribution in [2.24, 2.45) is 5.16 Å². The highest BCUT2D eigenvalue weighted by molar-refractivity contribution is 6.62.